The summed E-state index contributed by atoms with van der Waals surface area (Å²) in [7, 11) is 1.63. The summed E-state index contributed by atoms with van der Waals surface area (Å²) in [6.07, 6.45) is -1.26. The van der Waals surface area contributed by atoms with Crippen molar-refractivity contribution < 1.29 is 23.7 Å². The largest absolute Gasteiger partial charge is 0.390 e. The molecule has 7 heteroatoms. The summed E-state index contributed by atoms with van der Waals surface area (Å²) in [5, 5.41) is 17.2. The van der Waals surface area contributed by atoms with Crippen LogP contribution < -0.4 is 10.6 Å². The molecule has 2 bridgehead atoms. The van der Waals surface area contributed by atoms with Gasteiger partial charge in [-0.1, -0.05) is 12.1 Å². The minimum absolute atomic E-state index is 0.184. The zero-order valence-electron chi connectivity index (χ0n) is 13.1. The van der Waals surface area contributed by atoms with Gasteiger partial charge in [-0.3, -0.25) is 0 Å². The molecule has 128 valence electrons. The van der Waals surface area contributed by atoms with Crippen LogP contribution in [0, 0.1) is 5.82 Å². The summed E-state index contributed by atoms with van der Waals surface area (Å²) in [5.74, 6) is -0.260. The van der Waals surface area contributed by atoms with Crippen molar-refractivity contribution in [2.75, 3.05) is 26.9 Å². The summed E-state index contributed by atoms with van der Waals surface area (Å²) in [5.41, 5.74) is 0.948. The van der Waals surface area contributed by atoms with Gasteiger partial charge >= 0.3 is 0 Å². The normalized spacial score (nSPS) is 33.1. The van der Waals surface area contributed by atoms with E-state index in [0.717, 1.165) is 5.56 Å². The van der Waals surface area contributed by atoms with Crippen LogP contribution in [-0.4, -0.2) is 62.6 Å². The van der Waals surface area contributed by atoms with Crippen molar-refractivity contribution in [3.8, 4) is 0 Å². The van der Waals surface area contributed by atoms with Gasteiger partial charge < -0.3 is 30.0 Å². The molecule has 6 nitrogen and oxygen atoms in total. The minimum Gasteiger partial charge on any atom is -0.390 e. The van der Waals surface area contributed by atoms with E-state index in [9.17, 15) is 9.50 Å². The van der Waals surface area contributed by atoms with E-state index in [4.69, 9.17) is 14.2 Å². The summed E-state index contributed by atoms with van der Waals surface area (Å²) in [6, 6.07) is 5.73. The molecule has 0 saturated carbocycles. The first-order valence-electron chi connectivity index (χ1n) is 7.84. The van der Waals surface area contributed by atoms with Crippen molar-refractivity contribution in [2.24, 2.45) is 0 Å². The number of fused-ring (bicyclic) bond motifs is 2. The number of nitrogens with one attached hydrogen (secondary N) is 2. The Kier molecular flexibility index (Phi) is 5.58. The molecule has 2 aliphatic heterocycles. The van der Waals surface area contributed by atoms with Crippen molar-refractivity contribution >= 4 is 0 Å². The number of rotatable bonds is 7. The fraction of sp³-hybridized carbons (Fsp3) is 0.625. The Labute approximate surface area is 134 Å². The van der Waals surface area contributed by atoms with Gasteiger partial charge in [-0.2, -0.15) is 0 Å². The van der Waals surface area contributed by atoms with Gasteiger partial charge in [0.2, 0.25) is 0 Å². The highest BCUT2D eigenvalue weighted by Crippen LogP contribution is 2.28. The Morgan fingerprint density at radius 2 is 2.04 bits per heavy atom. The van der Waals surface area contributed by atoms with E-state index >= 15 is 0 Å². The molecule has 2 aliphatic rings. The molecule has 3 rings (SSSR count). The van der Waals surface area contributed by atoms with Crippen LogP contribution in [0.15, 0.2) is 24.3 Å². The fourth-order valence-corrected chi connectivity index (χ4v) is 3.06. The molecule has 0 spiro atoms. The van der Waals surface area contributed by atoms with Gasteiger partial charge in [0, 0.05) is 20.2 Å². The highest BCUT2D eigenvalue weighted by atomic mass is 19.1. The number of halogens is 1. The first-order chi connectivity index (χ1) is 11.2. The van der Waals surface area contributed by atoms with E-state index < -0.39 is 12.4 Å². The molecule has 2 heterocycles. The molecule has 3 N–H and O–H groups in total. The maximum absolute atomic E-state index is 12.9. The Bertz CT molecular complexity index is 501. The van der Waals surface area contributed by atoms with E-state index in [1.165, 1.54) is 12.1 Å². The summed E-state index contributed by atoms with van der Waals surface area (Å²) >= 11 is 0. The molecule has 1 aromatic carbocycles. The number of ether oxygens (including phenoxy) is 3. The SMILES string of the molecule is COCCN[C@H]1[C@@H]2OC[C@@H](O2)[C@@H](NCc2ccc(F)cc2)[C@@H]1O. The van der Waals surface area contributed by atoms with Gasteiger partial charge in [0.1, 0.15) is 11.9 Å². The molecule has 0 aliphatic carbocycles. The first kappa shape index (κ1) is 16.8. The molecule has 0 amide bonds. The maximum Gasteiger partial charge on any atom is 0.176 e. The number of aliphatic hydroxyl groups excluding tert-OH is 1. The number of hydrogen-bond donors (Lipinski definition) is 3. The van der Waals surface area contributed by atoms with Gasteiger partial charge in [-0.05, 0) is 17.7 Å². The van der Waals surface area contributed by atoms with Gasteiger partial charge in [0.25, 0.3) is 0 Å². The summed E-state index contributed by atoms with van der Waals surface area (Å²) in [6.45, 7) is 2.13. The number of aliphatic hydroxyl groups is 1. The van der Waals surface area contributed by atoms with Crippen molar-refractivity contribution in [3.63, 3.8) is 0 Å². The molecule has 2 fully saturated rings. The molecular formula is C16H23FN2O4. The maximum atomic E-state index is 12.9. The number of hydrogen-bond acceptors (Lipinski definition) is 6. The zero-order valence-corrected chi connectivity index (χ0v) is 13.1. The highest BCUT2D eigenvalue weighted by Gasteiger charge is 2.49. The molecule has 23 heavy (non-hydrogen) atoms. The third-order valence-electron chi connectivity index (χ3n) is 4.30. The molecule has 2 saturated heterocycles. The van der Waals surface area contributed by atoms with Gasteiger partial charge in [-0.15, -0.1) is 0 Å². The molecular weight excluding hydrogens is 303 g/mol. The van der Waals surface area contributed by atoms with E-state index in [-0.39, 0.29) is 24.0 Å². The Balaban J connectivity index is 1.60. The lowest BCUT2D eigenvalue weighted by Gasteiger charge is -2.39. The van der Waals surface area contributed by atoms with Gasteiger partial charge in [-0.25, -0.2) is 4.39 Å². The zero-order chi connectivity index (χ0) is 16.2. The summed E-state index contributed by atoms with van der Waals surface area (Å²) < 4.78 is 29.4. The summed E-state index contributed by atoms with van der Waals surface area (Å²) in [4.78, 5) is 0. The van der Waals surface area contributed by atoms with Gasteiger partial charge in [0.05, 0.1) is 31.4 Å². The van der Waals surface area contributed by atoms with Crippen LogP contribution in [0.2, 0.25) is 0 Å². The predicted octanol–water partition coefficient (Wildman–Crippen LogP) is 0.00450. The van der Waals surface area contributed by atoms with Crippen LogP contribution in [0.1, 0.15) is 5.56 Å². The topological polar surface area (TPSA) is 72.0 Å². The smallest absolute Gasteiger partial charge is 0.176 e. The van der Waals surface area contributed by atoms with E-state index in [1.54, 1.807) is 19.2 Å². The van der Waals surface area contributed by atoms with Crippen LogP contribution in [0.25, 0.3) is 0 Å². The lowest BCUT2D eigenvalue weighted by molar-refractivity contribution is -0.153. The van der Waals surface area contributed by atoms with Crippen LogP contribution in [-0.2, 0) is 20.8 Å². The van der Waals surface area contributed by atoms with Crippen LogP contribution in [0.3, 0.4) is 0 Å². The average molecular weight is 326 g/mol. The van der Waals surface area contributed by atoms with Crippen molar-refractivity contribution in [1.82, 2.24) is 10.6 Å². The minimum atomic E-state index is -0.640. The lowest BCUT2D eigenvalue weighted by Crippen LogP contribution is -2.63. The quantitative estimate of drug-likeness (QED) is 0.613. The predicted molar refractivity (Wildman–Crippen MR) is 81.3 cm³/mol. The highest BCUT2D eigenvalue weighted by molar-refractivity contribution is 5.16. The van der Waals surface area contributed by atoms with Crippen LogP contribution in [0.4, 0.5) is 4.39 Å². The Morgan fingerprint density at radius 1 is 1.26 bits per heavy atom. The monoisotopic (exact) mass is 326 g/mol. The Hall–Kier alpha value is -1.09. The second-order valence-electron chi connectivity index (χ2n) is 5.87. The standard InChI is InChI=1S/C16H23FN2O4/c1-21-7-6-18-14-15(20)13(12-9-22-16(14)23-12)19-8-10-2-4-11(17)5-3-10/h2-5,12-16,18-20H,6-9H2,1H3/t12-,13-,14-,15+,16-/m1/s1. The third-order valence-corrected chi connectivity index (χ3v) is 4.30. The van der Waals surface area contributed by atoms with E-state index in [2.05, 4.69) is 10.6 Å². The molecule has 0 aromatic heterocycles. The van der Waals surface area contributed by atoms with Crippen LogP contribution >= 0.6 is 0 Å². The van der Waals surface area contributed by atoms with Crippen molar-refractivity contribution in [1.29, 1.82) is 0 Å². The second kappa shape index (κ2) is 7.65. The number of benzene rings is 1. The Morgan fingerprint density at radius 3 is 2.78 bits per heavy atom. The van der Waals surface area contributed by atoms with Crippen LogP contribution in [0.5, 0.6) is 0 Å². The van der Waals surface area contributed by atoms with E-state index in [0.29, 0.717) is 26.3 Å². The molecule has 0 unspecified atom stereocenters. The lowest BCUT2D eigenvalue weighted by atomic mass is 9.95. The van der Waals surface area contributed by atoms with E-state index in [1.807, 2.05) is 0 Å². The van der Waals surface area contributed by atoms with Crippen molar-refractivity contribution in [2.45, 2.75) is 37.1 Å². The molecule has 0 radical (unpaired) electrons. The van der Waals surface area contributed by atoms with Crippen molar-refractivity contribution in [3.05, 3.63) is 35.6 Å². The third kappa shape index (κ3) is 3.88. The van der Waals surface area contributed by atoms with Gasteiger partial charge in [0.15, 0.2) is 6.29 Å². The average Bonchev–Trinajstić information content (AvgIpc) is 2.98. The molecule has 5 atom stereocenters. The first-order valence-corrected chi connectivity index (χ1v) is 7.84. The second-order valence-corrected chi connectivity index (χ2v) is 5.87. The number of methoxy groups -OCH3 is 1. The molecule has 1 aromatic rings. The fourth-order valence-electron chi connectivity index (χ4n) is 3.06.